The average molecular weight is 400 g/mol. The fourth-order valence-corrected chi connectivity index (χ4v) is 3.23. The van der Waals surface area contributed by atoms with E-state index in [0.717, 1.165) is 48.0 Å². The Hall–Kier alpha value is -3.09. The molecule has 0 spiro atoms. The zero-order valence-electron chi connectivity index (χ0n) is 17.1. The SMILES string of the molecule is CCCOc1ccc(N2CC(Oc3ccc(C(C)NC(=O)O)cc3)C2)c(OC)c1. The molecule has 7 nitrogen and oxygen atoms in total. The Morgan fingerprint density at radius 2 is 1.90 bits per heavy atom. The van der Waals surface area contributed by atoms with Gasteiger partial charge in [-0.15, -0.1) is 0 Å². The van der Waals surface area contributed by atoms with E-state index < -0.39 is 6.09 Å². The average Bonchev–Trinajstić information content (AvgIpc) is 2.68. The van der Waals surface area contributed by atoms with Crippen LogP contribution in [0.2, 0.25) is 0 Å². The molecule has 7 heteroatoms. The molecule has 0 bridgehead atoms. The molecule has 1 atom stereocenters. The van der Waals surface area contributed by atoms with E-state index in [-0.39, 0.29) is 12.1 Å². The summed E-state index contributed by atoms with van der Waals surface area (Å²) in [5.41, 5.74) is 1.92. The minimum atomic E-state index is -1.03. The summed E-state index contributed by atoms with van der Waals surface area (Å²) in [5.74, 6) is 2.38. The van der Waals surface area contributed by atoms with Crippen molar-refractivity contribution in [2.45, 2.75) is 32.4 Å². The highest BCUT2D eigenvalue weighted by Gasteiger charge is 2.30. The molecule has 1 aliphatic rings. The van der Waals surface area contributed by atoms with Crippen molar-refractivity contribution in [3.63, 3.8) is 0 Å². The van der Waals surface area contributed by atoms with Crippen LogP contribution < -0.4 is 24.4 Å². The number of anilines is 1. The molecule has 2 aromatic rings. The van der Waals surface area contributed by atoms with E-state index in [1.165, 1.54) is 0 Å². The molecule has 156 valence electrons. The zero-order chi connectivity index (χ0) is 20.8. The Morgan fingerprint density at radius 3 is 2.52 bits per heavy atom. The first-order valence-electron chi connectivity index (χ1n) is 9.82. The zero-order valence-corrected chi connectivity index (χ0v) is 17.1. The van der Waals surface area contributed by atoms with Crippen LogP contribution in [-0.2, 0) is 0 Å². The number of rotatable bonds is 9. The molecular weight excluding hydrogens is 372 g/mol. The van der Waals surface area contributed by atoms with Gasteiger partial charge in [-0.2, -0.15) is 0 Å². The van der Waals surface area contributed by atoms with Gasteiger partial charge in [0.2, 0.25) is 0 Å². The molecule has 2 aromatic carbocycles. The highest BCUT2D eigenvalue weighted by molar-refractivity contribution is 5.65. The topological polar surface area (TPSA) is 80.3 Å². The second-order valence-electron chi connectivity index (χ2n) is 7.07. The first-order chi connectivity index (χ1) is 14.0. The third-order valence-corrected chi connectivity index (χ3v) is 4.84. The molecule has 0 aliphatic carbocycles. The fraction of sp³-hybridized carbons (Fsp3) is 0.409. The van der Waals surface area contributed by atoms with Crippen LogP contribution in [0.25, 0.3) is 0 Å². The van der Waals surface area contributed by atoms with E-state index in [9.17, 15) is 4.79 Å². The monoisotopic (exact) mass is 400 g/mol. The van der Waals surface area contributed by atoms with Crippen LogP contribution in [0.1, 0.15) is 31.9 Å². The van der Waals surface area contributed by atoms with Crippen LogP contribution in [-0.4, -0.2) is 44.1 Å². The van der Waals surface area contributed by atoms with Gasteiger partial charge in [0.05, 0.1) is 38.5 Å². The number of nitrogens with one attached hydrogen (secondary N) is 1. The van der Waals surface area contributed by atoms with Crippen LogP contribution in [0.15, 0.2) is 42.5 Å². The number of carboxylic acid groups (broad SMARTS) is 1. The van der Waals surface area contributed by atoms with Crippen LogP contribution in [0.5, 0.6) is 17.2 Å². The van der Waals surface area contributed by atoms with Crippen molar-refractivity contribution in [3.05, 3.63) is 48.0 Å². The lowest BCUT2D eigenvalue weighted by Crippen LogP contribution is -2.54. The van der Waals surface area contributed by atoms with Gasteiger partial charge in [-0.25, -0.2) is 4.79 Å². The van der Waals surface area contributed by atoms with Gasteiger partial charge >= 0.3 is 6.09 Å². The lowest BCUT2D eigenvalue weighted by atomic mass is 10.1. The normalized spacial score (nSPS) is 14.7. The lowest BCUT2D eigenvalue weighted by Gasteiger charge is -2.41. The standard InChI is InChI=1S/C22H28N2O5/c1-4-11-28-18-9-10-20(21(12-18)27-3)24-13-19(14-24)29-17-7-5-16(6-8-17)15(2)23-22(25)26/h5-10,12,15,19,23H,4,11,13-14H2,1-3H3,(H,25,26). The van der Waals surface area contributed by atoms with Crippen LogP contribution >= 0.6 is 0 Å². The number of nitrogens with zero attached hydrogens (tertiary/aromatic N) is 1. The molecule has 3 rings (SSSR count). The van der Waals surface area contributed by atoms with Crippen LogP contribution in [0.3, 0.4) is 0 Å². The second kappa shape index (κ2) is 9.41. The number of hydrogen-bond donors (Lipinski definition) is 2. The summed E-state index contributed by atoms with van der Waals surface area (Å²) in [4.78, 5) is 13.0. The largest absolute Gasteiger partial charge is 0.494 e. The molecule has 1 amide bonds. The molecule has 1 aliphatic heterocycles. The summed E-state index contributed by atoms with van der Waals surface area (Å²) in [5, 5.41) is 11.3. The van der Waals surface area contributed by atoms with Crippen molar-refractivity contribution >= 4 is 11.8 Å². The highest BCUT2D eigenvalue weighted by atomic mass is 16.5. The molecule has 0 saturated carbocycles. The number of benzene rings is 2. The number of hydrogen-bond acceptors (Lipinski definition) is 5. The maximum Gasteiger partial charge on any atom is 0.405 e. The Kier molecular flexibility index (Phi) is 6.69. The van der Waals surface area contributed by atoms with Gasteiger partial charge in [0.1, 0.15) is 23.4 Å². The second-order valence-corrected chi connectivity index (χ2v) is 7.07. The lowest BCUT2D eigenvalue weighted by molar-refractivity contribution is 0.167. The minimum absolute atomic E-state index is 0.0937. The van der Waals surface area contributed by atoms with Crippen molar-refractivity contribution in [3.8, 4) is 17.2 Å². The van der Waals surface area contributed by atoms with Crippen molar-refractivity contribution in [2.24, 2.45) is 0 Å². The summed E-state index contributed by atoms with van der Waals surface area (Å²) in [6.07, 6.45) is 0.0226. The molecule has 1 unspecified atom stereocenters. The molecule has 1 heterocycles. The van der Waals surface area contributed by atoms with Gasteiger partial charge in [0, 0.05) is 6.07 Å². The quantitative estimate of drug-likeness (QED) is 0.660. The van der Waals surface area contributed by atoms with Crippen molar-refractivity contribution < 1.29 is 24.1 Å². The first kappa shape index (κ1) is 20.6. The Labute approximate surface area is 171 Å². The first-order valence-corrected chi connectivity index (χ1v) is 9.82. The summed E-state index contributed by atoms with van der Waals surface area (Å²) in [6, 6.07) is 13.1. The molecule has 0 aromatic heterocycles. The predicted molar refractivity (Wildman–Crippen MR) is 111 cm³/mol. The van der Waals surface area contributed by atoms with E-state index in [1.807, 2.05) is 42.5 Å². The van der Waals surface area contributed by atoms with Gasteiger partial charge in [-0.3, -0.25) is 0 Å². The minimum Gasteiger partial charge on any atom is -0.494 e. The van der Waals surface area contributed by atoms with E-state index in [4.69, 9.17) is 19.3 Å². The van der Waals surface area contributed by atoms with E-state index in [0.29, 0.717) is 6.61 Å². The smallest absolute Gasteiger partial charge is 0.405 e. The van der Waals surface area contributed by atoms with Gasteiger partial charge in [0.25, 0.3) is 0 Å². The predicted octanol–water partition coefficient (Wildman–Crippen LogP) is 4.08. The molecule has 1 fully saturated rings. The summed E-state index contributed by atoms with van der Waals surface area (Å²) in [7, 11) is 1.66. The van der Waals surface area contributed by atoms with Gasteiger partial charge in [-0.05, 0) is 43.2 Å². The number of methoxy groups -OCH3 is 1. The third-order valence-electron chi connectivity index (χ3n) is 4.84. The molecular formula is C22H28N2O5. The number of carbonyl (C=O) groups is 1. The Bertz CT molecular complexity index is 818. The molecule has 0 radical (unpaired) electrons. The summed E-state index contributed by atoms with van der Waals surface area (Å²) in [6.45, 7) is 6.10. The Morgan fingerprint density at radius 1 is 1.21 bits per heavy atom. The summed E-state index contributed by atoms with van der Waals surface area (Å²) >= 11 is 0. The molecule has 29 heavy (non-hydrogen) atoms. The van der Waals surface area contributed by atoms with Gasteiger partial charge in [-0.1, -0.05) is 19.1 Å². The van der Waals surface area contributed by atoms with Crippen LogP contribution in [0.4, 0.5) is 10.5 Å². The van der Waals surface area contributed by atoms with E-state index in [1.54, 1.807) is 14.0 Å². The maximum absolute atomic E-state index is 10.7. The van der Waals surface area contributed by atoms with Gasteiger partial charge in [0.15, 0.2) is 0 Å². The van der Waals surface area contributed by atoms with E-state index >= 15 is 0 Å². The van der Waals surface area contributed by atoms with Crippen molar-refractivity contribution in [1.29, 1.82) is 0 Å². The maximum atomic E-state index is 10.7. The van der Waals surface area contributed by atoms with Gasteiger partial charge < -0.3 is 29.5 Å². The third kappa shape index (κ3) is 5.25. The van der Waals surface area contributed by atoms with Crippen molar-refractivity contribution in [2.75, 3.05) is 31.7 Å². The number of amides is 1. The number of ether oxygens (including phenoxy) is 3. The highest BCUT2D eigenvalue weighted by Crippen LogP contribution is 2.35. The van der Waals surface area contributed by atoms with Crippen molar-refractivity contribution in [1.82, 2.24) is 5.32 Å². The van der Waals surface area contributed by atoms with E-state index in [2.05, 4.69) is 17.1 Å². The molecule has 2 N–H and O–H groups in total. The summed E-state index contributed by atoms with van der Waals surface area (Å²) < 4.78 is 17.2. The Balaban J connectivity index is 1.54. The molecule has 1 saturated heterocycles. The fourth-order valence-electron chi connectivity index (χ4n) is 3.23. The van der Waals surface area contributed by atoms with Crippen LogP contribution in [0, 0.1) is 0 Å².